The van der Waals surface area contributed by atoms with E-state index in [4.69, 9.17) is 9.84 Å². The van der Waals surface area contributed by atoms with Crippen LogP contribution in [0.3, 0.4) is 0 Å². The second-order valence-corrected chi connectivity index (χ2v) is 4.23. The van der Waals surface area contributed by atoms with E-state index in [2.05, 4.69) is 15.6 Å². The molecule has 1 atom stereocenters. The lowest BCUT2D eigenvalue weighted by molar-refractivity contribution is -0.141. The highest BCUT2D eigenvalue weighted by Gasteiger charge is 2.10. The number of hydrogen-bond donors (Lipinski definition) is 3. The molecule has 1 aromatic rings. The molecule has 0 aliphatic carbocycles. The molecule has 1 unspecified atom stereocenters. The highest BCUT2D eigenvalue weighted by Crippen LogP contribution is 2.11. The van der Waals surface area contributed by atoms with Crippen LogP contribution >= 0.6 is 0 Å². The molecule has 7 nitrogen and oxygen atoms in total. The molecule has 0 aliphatic rings. The van der Waals surface area contributed by atoms with E-state index in [1.54, 1.807) is 19.1 Å². The lowest BCUT2D eigenvalue weighted by Gasteiger charge is -2.09. The quantitative estimate of drug-likeness (QED) is 0.706. The summed E-state index contributed by atoms with van der Waals surface area (Å²) >= 11 is 0. The van der Waals surface area contributed by atoms with E-state index in [1.165, 1.54) is 6.20 Å². The summed E-state index contributed by atoms with van der Waals surface area (Å²) in [5.74, 6) is -0.862. The number of hydrogen-bond acceptors (Lipinski definition) is 4. The third kappa shape index (κ3) is 5.55. The number of carbonyl (C=O) groups excluding carboxylic acids is 1. The van der Waals surface area contributed by atoms with Gasteiger partial charge in [-0.3, -0.25) is 4.79 Å². The highest BCUT2D eigenvalue weighted by atomic mass is 16.5. The number of nitrogens with zero attached hydrogens (tertiary/aromatic N) is 1. The molecule has 0 aliphatic heterocycles. The van der Waals surface area contributed by atoms with Crippen LogP contribution in [0.1, 0.15) is 20.3 Å². The van der Waals surface area contributed by atoms with Crippen molar-refractivity contribution < 1.29 is 19.4 Å². The van der Waals surface area contributed by atoms with Gasteiger partial charge in [0.1, 0.15) is 0 Å². The first kappa shape index (κ1) is 15.7. The highest BCUT2D eigenvalue weighted by molar-refractivity contribution is 5.89. The number of pyridine rings is 1. The number of carboxylic acids is 1. The number of carboxylic acid groups (broad SMARTS) is 1. The summed E-state index contributed by atoms with van der Waals surface area (Å²) in [4.78, 5) is 26.2. The third-order valence-corrected chi connectivity index (χ3v) is 2.57. The molecule has 0 radical (unpaired) electrons. The summed E-state index contributed by atoms with van der Waals surface area (Å²) < 4.78 is 5.18. The Morgan fingerprint density at radius 3 is 2.75 bits per heavy atom. The van der Waals surface area contributed by atoms with Gasteiger partial charge in [-0.15, -0.1) is 0 Å². The van der Waals surface area contributed by atoms with Crippen molar-refractivity contribution in [2.45, 2.75) is 20.3 Å². The molecule has 20 heavy (non-hydrogen) atoms. The summed E-state index contributed by atoms with van der Waals surface area (Å²) in [6.07, 6.45) is 1.87. The molecule has 1 aromatic heterocycles. The predicted octanol–water partition coefficient (Wildman–Crippen LogP) is 1.71. The van der Waals surface area contributed by atoms with E-state index < -0.39 is 17.9 Å². The van der Waals surface area contributed by atoms with Crippen molar-refractivity contribution in [1.29, 1.82) is 0 Å². The number of rotatable bonds is 7. The maximum atomic E-state index is 11.5. The standard InChI is InChI=1S/C13H19N3O4/c1-3-20-11-5-4-10(8-15-11)16-13(19)14-7-6-9(2)12(17)18/h4-5,8-9H,3,6-7H2,1-2H3,(H,17,18)(H2,14,16,19). The van der Waals surface area contributed by atoms with Crippen LogP contribution in [0.4, 0.5) is 10.5 Å². The Labute approximate surface area is 117 Å². The number of carbonyl (C=O) groups is 2. The van der Waals surface area contributed by atoms with Gasteiger partial charge in [-0.2, -0.15) is 0 Å². The fraction of sp³-hybridized carbons (Fsp3) is 0.462. The number of aliphatic carboxylic acids is 1. The summed E-state index contributed by atoms with van der Waals surface area (Å²) in [6, 6.07) is 2.94. The smallest absolute Gasteiger partial charge is 0.319 e. The lowest BCUT2D eigenvalue weighted by Crippen LogP contribution is -2.31. The van der Waals surface area contributed by atoms with E-state index >= 15 is 0 Å². The second kappa shape index (κ2) is 7.98. The molecule has 7 heteroatoms. The van der Waals surface area contributed by atoms with Gasteiger partial charge < -0.3 is 20.5 Å². The molecule has 1 rings (SSSR count). The van der Waals surface area contributed by atoms with Gasteiger partial charge in [0.25, 0.3) is 0 Å². The van der Waals surface area contributed by atoms with Gasteiger partial charge in [-0.05, 0) is 19.4 Å². The van der Waals surface area contributed by atoms with Crippen LogP contribution in [-0.2, 0) is 4.79 Å². The van der Waals surface area contributed by atoms with E-state index in [1.807, 2.05) is 6.92 Å². The minimum Gasteiger partial charge on any atom is -0.481 e. The van der Waals surface area contributed by atoms with Gasteiger partial charge in [-0.1, -0.05) is 6.92 Å². The Balaban J connectivity index is 2.33. The van der Waals surface area contributed by atoms with E-state index in [9.17, 15) is 9.59 Å². The zero-order chi connectivity index (χ0) is 15.0. The van der Waals surface area contributed by atoms with Gasteiger partial charge >= 0.3 is 12.0 Å². The van der Waals surface area contributed by atoms with Crippen LogP contribution < -0.4 is 15.4 Å². The Bertz CT molecular complexity index is 447. The Morgan fingerprint density at radius 1 is 1.45 bits per heavy atom. The predicted molar refractivity (Wildman–Crippen MR) is 73.8 cm³/mol. The molecule has 1 heterocycles. The fourth-order valence-electron chi connectivity index (χ4n) is 1.39. The number of ether oxygens (including phenoxy) is 1. The first-order valence-electron chi connectivity index (χ1n) is 6.39. The average Bonchev–Trinajstić information content (AvgIpc) is 2.41. The molecule has 110 valence electrons. The van der Waals surface area contributed by atoms with Crippen molar-refractivity contribution in [2.75, 3.05) is 18.5 Å². The minimum absolute atomic E-state index is 0.295. The third-order valence-electron chi connectivity index (χ3n) is 2.57. The normalized spacial score (nSPS) is 11.5. The van der Waals surface area contributed by atoms with Gasteiger partial charge in [0.15, 0.2) is 0 Å². The monoisotopic (exact) mass is 281 g/mol. The number of nitrogens with one attached hydrogen (secondary N) is 2. The van der Waals surface area contributed by atoms with Crippen LogP contribution in [0.5, 0.6) is 5.88 Å². The van der Waals surface area contributed by atoms with Crippen molar-refractivity contribution in [3.8, 4) is 5.88 Å². The molecule has 2 amide bonds. The Morgan fingerprint density at radius 2 is 2.20 bits per heavy atom. The fourth-order valence-corrected chi connectivity index (χ4v) is 1.39. The van der Waals surface area contributed by atoms with Crippen molar-refractivity contribution in [1.82, 2.24) is 10.3 Å². The summed E-state index contributed by atoms with van der Waals surface area (Å²) in [5.41, 5.74) is 0.539. The molecule has 0 fully saturated rings. The van der Waals surface area contributed by atoms with E-state index in [-0.39, 0.29) is 0 Å². The van der Waals surface area contributed by atoms with E-state index in [0.717, 1.165) is 0 Å². The van der Waals surface area contributed by atoms with Crippen LogP contribution in [-0.4, -0.2) is 35.2 Å². The van der Waals surface area contributed by atoms with E-state index in [0.29, 0.717) is 31.1 Å². The van der Waals surface area contributed by atoms with Gasteiger partial charge in [0.2, 0.25) is 5.88 Å². The van der Waals surface area contributed by atoms with Crippen molar-refractivity contribution >= 4 is 17.7 Å². The summed E-state index contributed by atoms with van der Waals surface area (Å²) in [5, 5.41) is 13.9. The summed E-state index contributed by atoms with van der Waals surface area (Å²) in [7, 11) is 0. The first-order valence-corrected chi connectivity index (χ1v) is 6.39. The molecule has 0 saturated heterocycles. The van der Waals surface area contributed by atoms with Crippen LogP contribution in [0, 0.1) is 5.92 Å². The number of anilines is 1. The molecule has 0 bridgehead atoms. The molecular weight excluding hydrogens is 262 g/mol. The summed E-state index contributed by atoms with van der Waals surface area (Å²) in [6.45, 7) is 4.28. The maximum absolute atomic E-state index is 11.5. The SMILES string of the molecule is CCOc1ccc(NC(=O)NCCC(C)C(=O)O)cn1. The number of amides is 2. The lowest BCUT2D eigenvalue weighted by atomic mass is 10.1. The van der Waals surface area contributed by atoms with Gasteiger partial charge in [0.05, 0.1) is 24.4 Å². The second-order valence-electron chi connectivity index (χ2n) is 4.23. The van der Waals surface area contributed by atoms with Crippen molar-refractivity contribution in [3.63, 3.8) is 0 Å². The number of urea groups is 1. The molecular formula is C13H19N3O4. The van der Waals surface area contributed by atoms with Crippen molar-refractivity contribution in [2.24, 2.45) is 5.92 Å². The zero-order valence-corrected chi connectivity index (χ0v) is 11.5. The molecule has 0 aromatic carbocycles. The molecule has 0 spiro atoms. The molecule has 0 saturated carbocycles. The maximum Gasteiger partial charge on any atom is 0.319 e. The van der Waals surface area contributed by atoms with Crippen molar-refractivity contribution in [3.05, 3.63) is 18.3 Å². The minimum atomic E-state index is -0.872. The topological polar surface area (TPSA) is 101 Å². The van der Waals surface area contributed by atoms with Gasteiger partial charge in [-0.25, -0.2) is 9.78 Å². The largest absolute Gasteiger partial charge is 0.481 e. The average molecular weight is 281 g/mol. The van der Waals surface area contributed by atoms with Crippen LogP contribution in [0.25, 0.3) is 0 Å². The zero-order valence-electron chi connectivity index (χ0n) is 11.5. The molecule has 3 N–H and O–H groups in total. The number of aromatic nitrogens is 1. The van der Waals surface area contributed by atoms with Crippen LogP contribution in [0.2, 0.25) is 0 Å². The van der Waals surface area contributed by atoms with Crippen LogP contribution in [0.15, 0.2) is 18.3 Å². The first-order chi connectivity index (χ1) is 9.52. The Hall–Kier alpha value is -2.31. The van der Waals surface area contributed by atoms with Gasteiger partial charge in [0, 0.05) is 12.6 Å². The Kier molecular flexibility index (Phi) is 6.28.